The highest BCUT2D eigenvalue weighted by Crippen LogP contribution is 2.51. The van der Waals surface area contributed by atoms with E-state index in [1.807, 2.05) is 0 Å². The number of rotatable bonds is 3. The lowest BCUT2D eigenvalue weighted by Gasteiger charge is -2.40. The number of nitrogens with zero attached hydrogens (tertiary/aromatic N) is 1. The standard InChI is InChI=1S/C22H22N2O8/c1-7-8-5-4-6-9(25)11(8)16(26)12-10(7)20(32-22(12)31)13-15(24(2)3)17(27)14(21(23)30)19(29)18(13)28/h4-6,13,15,18,20,25-28H,1-3H3,(H2,23,30)/t13-,15+,18+,20-/m0/s1. The summed E-state index contributed by atoms with van der Waals surface area (Å²) in [6, 6.07) is 3.47. The number of fused-ring (bicyclic) bond motifs is 2. The smallest absolute Gasteiger partial charge is 0.343 e. The zero-order chi connectivity index (χ0) is 23.6. The molecule has 0 aromatic heterocycles. The van der Waals surface area contributed by atoms with E-state index >= 15 is 0 Å². The largest absolute Gasteiger partial charge is 0.510 e. The van der Waals surface area contributed by atoms with Gasteiger partial charge in [-0.3, -0.25) is 14.5 Å². The first-order valence-corrected chi connectivity index (χ1v) is 9.78. The molecule has 2 aromatic rings. The van der Waals surface area contributed by atoms with Gasteiger partial charge in [0.15, 0.2) is 0 Å². The van der Waals surface area contributed by atoms with Gasteiger partial charge in [0.2, 0.25) is 5.78 Å². The third-order valence-electron chi connectivity index (χ3n) is 6.25. The van der Waals surface area contributed by atoms with Gasteiger partial charge in [0.25, 0.3) is 5.91 Å². The molecular weight excluding hydrogens is 420 g/mol. The number of ether oxygens (including phenoxy) is 1. The summed E-state index contributed by atoms with van der Waals surface area (Å²) in [5.41, 5.74) is 5.05. The number of carbonyl (C=O) groups is 3. The van der Waals surface area contributed by atoms with Crippen molar-refractivity contribution < 1.29 is 39.5 Å². The number of ketones is 1. The quantitative estimate of drug-likeness (QED) is 0.336. The number of likely N-dealkylation sites (N-methyl/N-ethyl adjacent to an activating group) is 1. The Bertz CT molecular complexity index is 1230. The number of aliphatic hydroxyl groups excluding tert-OH is 2. The summed E-state index contributed by atoms with van der Waals surface area (Å²) in [7, 11) is 3.10. The molecule has 1 heterocycles. The second-order valence-electron chi connectivity index (χ2n) is 8.21. The van der Waals surface area contributed by atoms with Crippen molar-refractivity contribution in [2.45, 2.75) is 25.2 Å². The predicted octanol–water partition coefficient (Wildman–Crippen LogP) is 0.558. The maximum Gasteiger partial charge on any atom is 0.343 e. The summed E-state index contributed by atoms with van der Waals surface area (Å²) in [6.45, 7) is 1.65. The number of esters is 1. The highest BCUT2D eigenvalue weighted by Gasteiger charge is 2.54. The molecule has 0 saturated carbocycles. The van der Waals surface area contributed by atoms with E-state index < -0.39 is 58.9 Å². The number of Topliss-reactive ketones (excluding diaryl/α,β-unsaturated/α-hetero) is 1. The molecule has 0 saturated heterocycles. The van der Waals surface area contributed by atoms with E-state index in [0.717, 1.165) is 0 Å². The minimum absolute atomic E-state index is 0.0736. The van der Waals surface area contributed by atoms with Crippen LogP contribution >= 0.6 is 0 Å². The minimum Gasteiger partial charge on any atom is -0.510 e. The Morgan fingerprint density at radius 2 is 1.81 bits per heavy atom. The number of hydrogen-bond acceptors (Lipinski definition) is 9. The molecule has 0 bridgehead atoms. The molecule has 168 valence electrons. The van der Waals surface area contributed by atoms with Gasteiger partial charge in [-0.1, -0.05) is 12.1 Å². The Morgan fingerprint density at radius 3 is 2.41 bits per heavy atom. The number of aryl methyl sites for hydroxylation is 1. The molecule has 1 aliphatic heterocycles. The highest BCUT2D eigenvalue weighted by atomic mass is 16.6. The number of phenolic OH excluding ortho intramolecular Hbond substituents is 2. The average molecular weight is 442 g/mol. The van der Waals surface area contributed by atoms with Crippen molar-refractivity contribution in [2.24, 2.45) is 11.7 Å². The van der Waals surface area contributed by atoms with Crippen LogP contribution in [0.5, 0.6) is 11.5 Å². The van der Waals surface area contributed by atoms with Crippen LogP contribution in [0.25, 0.3) is 10.8 Å². The van der Waals surface area contributed by atoms with E-state index in [9.17, 15) is 34.8 Å². The van der Waals surface area contributed by atoms with Gasteiger partial charge in [-0.25, -0.2) is 4.79 Å². The minimum atomic E-state index is -1.83. The van der Waals surface area contributed by atoms with Gasteiger partial charge in [-0.2, -0.15) is 0 Å². The van der Waals surface area contributed by atoms with Crippen molar-refractivity contribution in [1.82, 2.24) is 4.90 Å². The fourth-order valence-electron chi connectivity index (χ4n) is 4.87. The van der Waals surface area contributed by atoms with Crippen molar-refractivity contribution in [3.63, 3.8) is 0 Å². The van der Waals surface area contributed by atoms with Crippen molar-refractivity contribution in [2.75, 3.05) is 14.1 Å². The molecule has 6 N–H and O–H groups in total. The van der Waals surface area contributed by atoms with Gasteiger partial charge >= 0.3 is 5.97 Å². The normalized spacial score (nSPS) is 25.4. The number of amides is 1. The lowest BCUT2D eigenvalue weighted by Crippen LogP contribution is -2.54. The molecule has 0 radical (unpaired) electrons. The summed E-state index contributed by atoms with van der Waals surface area (Å²) >= 11 is 0. The fraction of sp³-hybridized carbons (Fsp3) is 0.318. The first kappa shape index (κ1) is 21.6. The average Bonchev–Trinajstić information content (AvgIpc) is 3.05. The van der Waals surface area contributed by atoms with Crippen LogP contribution in [0.2, 0.25) is 0 Å². The Labute approximate surface area is 182 Å². The molecule has 0 spiro atoms. The third kappa shape index (κ3) is 2.76. The van der Waals surface area contributed by atoms with Crippen LogP contribution in [0.4, 0.5) is 0 Å². The van der Waals surface area contributed by atoms with Crippen molar-refractivity contribution in [1.29, 1.82) is 0 Å². The fourth-order valence-corrected chi connectivity index (χ4v) is 4.87. The Balaban J connectivity index is 1.99. The van der Waals surface area contributed by atoms with Crippen LogP contribution in [-0.2, 0) is 14.3 Å². The summed E-state index contributed by atoms with van der Waals surface area (Å²) in [4.78, 5) is 38.7. The Kier molecular flexibility index (Phi) is 4.87. The van der Waals surface area contributed by atoms with Crippen LogP contribution in [0.3, 0.4) is 0 Å². The first-order valence-electron chi connectivity index (χ1n) is 9.78. The third-order valence-corrected chi connectivity index (χ3v) is 6.25. The topological polar surface area (TPSA) is 171 Å². The highest BCUT2D eigenvalue weighted by molar-refractivity contribution is 6.21. The molecular formula is C22H22N2O8. The molecule has 1 amide bonds. The number of cyclic esters (lactones) is 1. The van der Waals surface area contributed by atoms with E-state index in [2.05, 4.69) is 0 Å². The number of hydrogen-bond donors (Lipinski definition) is 5. The SMILES string of the molecule is Cc1c2c(c(O)c3c(O)cccc13)C(=O)O[C@@H]2[C@@H]1[C@@H](O)C(=O)C(C(N)=O)=C(O)[C@@H]1N(C)C. The number of primary amides is 1. The summed E-state index contributed by atoms with van der Waals surface area (Å²) in [5.74, 6) is -5.73. The number of benzene rings is 2. The van der Waals surface area contributed by atoms with Gasteiger partial charge in [0.1, 0.15) is 40.6 Å². The van der Waals surface area contributed by atoms with E-state index in [-0.39, 0.29) is 22.3 Å². The Hall–Kier alpha value is -3.63. The zero-order valence-corrected chi connectivity index (χ0v) is 17.5. The van der Waals surface area contributed by atoms with Crippen LogP contribution in [-0.4, -0.2) is 69.2 Å². The zero-order valence-electron chi connectivity index (χ0n) is 17.5. The number of carbonyl (C=O) groups excluding carboxylic acids is 3. The molecule has 10 nitrogen and oxygen atoms in total. The van der Waals surface area contributed by atoms with Gasteiger partial charge in [0, 0.05) is 5.56 Å². The number of aliphatic hydroxyl groups is 2. The van der Waals surface area contributed by atoms with Crippen molar-refractivity contribution in [3.05, 3.63) is 46.2 Å². The summed E-state index contributed by atoms with van der Waals surface area (Å²) < 4.78 is 5.52. The van der Waals surface area contributed by atoms with E-state index in [4.69, 9.17) is 10.5 Å². The second kappa shape index (κ2) is 7.21. The maximum atomic E-state index is 12.8. The van der Waals surface area contributed by atoms with Crippen molar-refractivity contribution in [3.8, 4) is 11.5 Å². The monoisotopic (exact) mass is 442 g/mol. The number of aromatic hydroxyl groups is 2. The summed E-state index contributed by atoms with van der Waals surface area (Å²) in [5, 5.41) is 43.1. The summed E-state index contributed by atoms with van der Waals surface area (Å²) in [6.07, 6.45) is -3.07. The number of phenols is 2. The van der Waals surface area contributed by atoms with Gasteiger partial charge < -0.3 is 30.9 Å². The molecule has 2 aromatic carbocycles. The van der Waals surface area contributed by atoms with Crippen LogP contribution in [0, 0.1) is 12.8 Å². The number of nitrogens with two attached hydrogens (primary N) is 1. The van der Waals surface area contributed by atoms with E-state index in [0.29, 0.717) is 10.9 Å². The van der Waals surface area contributed by atoms with Gasteiger partial charge in [-0.15, -0.1) is 0 Å². The van der Waals surface area contributed by atoms with Crippen LogP contribution in [0.1, 0.15) is 27.6 Å². The lowest BCUT2D eigenvalue weighted by atomic mass is 9.74. The van der Waals surface area contributed by atoms with Gasteiger partial charge in [-0.05, 0) is 38.0 Å². The molecule has 1 aliphatic carbocycles. The maximum absolute atomic E-state index is 12.8. The van der Waals surface area contributed by atoms with E-state index in [1.165, 1.54) is 11.0 Å². The van der Waals surface area contributed by atoms with Crippen LogP contribution < -0.4 is 5.73 Å². The molecule has 0 unspecified atom stereocenters. The molecule has 32 heavy (non-hydrogen) atoms. The molecule has 4 atom stereocenters. The lowest BCUT2D eigenvalue weighted by molar-refractivity contribution is -0.136. The predicted molar refractivity (Wildman–Crippen MR) is 111 cm³/mol. The van der Waals surface area contributed by atoms with Crippen LogP contribution in [0.15, 0.2) is 29.5 Å². The molecule has 0 fully saturated rings. The first-order chi connectivity index (χ1) is 15.0. The Morgan fingerprint density at radius 1 is 1.16 bits per heavy atom. The second-order valence-corrected chi connectivity index (χ2v) is 8.21. The van der Waals surface area contributed by atoms with Crippen molar-refractivity contribution >= 4 is 28.4 Å². The molecule has 10 heteroatoms. The molecule has 4 rings (SSSR count). The van der Waals surface area contributed by atoms with E-state index in [1.54, 1.807) is 33.2 Å². The molecule has 2 aliphatic rings. The van der Waals surface area contributed by atoms with Gasteiger partial charge in [0.05, 0.1) is 17.3 Å².